The number of aryl methyl sites for hydroxylation is 3. The summed E-state index contributed by atoms with van der Waals surface area (Å²) in [6, 6.07) is 6.61. The third kappa shape index (κ3) is 2.09. The van der Waals surface area contributed by atoms with Gasteiger partial charge < -0.3 is 9.88 Å². The van der Waals surface area contributed by atoms with E-state index in [4.69, 9.17) is 0 Å². The average molecular weight is 230 g/mol. The molecule has 0 amide bonds. The molecule has 2 aromatic rings. The SMILES string of the molecule is CNCCCc1c(C)n(C)c2c(C)cccc12. The molecule has 0 saturated carbocycles. The van der Waals surface area contributed by atoms with Crippen LogP contribution in [0, 0.1) is 13.8 Å². The smallest absolute Gasteiger partial charge is 0.0512 e. The number of para-hydroxylation sites is 1. The van der Waals surface area contributed by atoms with Crippen molar-refractivity contribution in [3.05, 3.63) is 35.0 Å². The molecule has 2 nitrogen and oxygen atoms in total. The lowest BCUT2D eigenvalue weighted by Gasteiger charge is -2.02. The van der Waals surface area contributed by atoms with Gasteiger partial charge in [0, 0.05) is 18.1 Å². The molecule has 0 unspecified atom stereocenters. The molecule has 1 heterocycles. The highest BCUT2D eigenvalue weighted by Crippen LogP contribution is 2.28. The van der Waals surface area contributed by atoms with Crippen molar-refractivity contribution in [3.8, 4) is 0 Å². The van der Waals surface area contributed by atoms with Crippen molar-refractivity contribution >= 4 is 10.9 Å². The van der Waals surface area contributed by atoms with E-state index >= 15 is 0 Å². The maximum Gasteiger partial charge on any atom is 0.0512 e. The van der Waals surface area contributed by atoms with Gasteiger partial charge in [-0.1, -0.05) is 18.2 Å². The van der Waals surface area contributed by atoms with E-state index < -0.39 is 0 Å². The topological polar surface area (TPSA) is 17.0 Å². The fourth-order valence-electron chi connectivity index (χ4n) is 2.67. The Morgan fingerprint density at radius 2 is 2.00 bits per heavy atom. The zero-order valence-corrected chi connectivity index (χ0v) is 11.3. The summed E-state index contributed by atoms with van der Waals surface area (Å²) in [5, 5.41) is 4.65. The molecule has 0 aliphatic carbocycles. The van der Waals surface area contributed by atoms with Gasteiger partial charge in [-0.05, 0) is 51.4 Å². The van der Waals surface area contributed by atoms with Crippen molar-refractivity contribution in [1.82, 2.24) is 9.88 Å². The Kier molecular flexibility index (Phi) is 3.53. The Balaban J connectivity index is 2.48. The first-order valence-corrected chi connectivity index (χ1v) is 6.35. The number of hydrogen-bond donors (Lipinski definition) is 1. The first-order chi connectivity index (χ1) is 8.16. The maximum absolute atomic E-state index is 3.22. The van der Waals surface area contributed by atoms with E-state index in [1.807, 2.05) is 7.05 Å². The van der Waals surface area contributed by atoms with Crippen LogP contribution >= 0.6 is 0 Å². The second-order valence-corrected chi connectivity index (χ2v) is 4.80. The third-order valence-electron chi connectivity index (χ3n) is 3.69. The molecule has 92 valence electrons. The normalized spacial score (nSPS) is 11.3. The number of rotatable bonds is 4. The van der Waals surface area contributed by atoms with Crippen LogP contribution in [0.5, 0.6) is 0 Å². The van der Waals surface area contributed by atoms with Crippen LogP contribution in [-0.4, -0.2) is 18.2 Å². The molecule has 0 spiro atoms. The molecule has 0 fully saturated rings. The molecule has 1 N–H and O–H groups in total. The third-order valence-corrected chi connectivity index (χ3v) is 3.69. The number of aromatic nitrogens is 1. The molecule has 2 rings (SSSR count). The second kappa shape index (κ2) is 4.92. The van der Waals surface area contributed by atoms with Crippen molar-refractivity contribution in [2.75, 3.05) is 13.6 Å². The van der Waals surface area contributed by atoms with Gasteiger partial charge in [-0.3, -0.25) is 0 Å². The van der Waals surface area contributed by atoms with Crippen molar-refractivity contribution in [2.45, 2.75) is 26.7 Å². The molecule has 0 bridgehead atoms. The summed E-state index contributed by atoms with van der Waals surface area (Å²) in [5.74, 6) is 0. The molecule has 1 aromatic heterocycles. The van der Waals surface area contributed by atoms with Crippen LogP contribution in [0.25, 0.3) is 10.9 Å². The Hall–Kier alpha value is -1.28. The van der Waals surface area contributed by atoms with Crippen LogP contribution in [0.4, 0.5) is 0 Å². The van der Waals surface area contributed by atoms with Crippen LogP contribution in [0.15, 0.2) is 18.2 Å². The zero-order chi connectivity index (χ0) is 12.4. The monoisotopic (exact) mass is 230 g/mol. The van der Waals surface area contributed by atoms with Crippen molar-refractivity contribution < 1.29 is 0 Å². The minimum atomic E-state index is 1.08. The van der Waals surface area contributed by atoms with Gasteiger partial charge in [-0.2, -0.15) is 0 Å². The Labute approximate surface area is 104 Å². The Bertz CT molecular complexity index is 523. The van der Waals surface area contributed by atoms with Crippen LogP contribution in [-0.2, 0) is 13.5 Å². The predicted molar refractivity (Wildman–Crippen MR) is 74.6 cm³/mol. The summed E-state index contributed by atoms with van der Waals surface area (Å²) in [7, 11) is 4.19. The molecular formula is C15H22N2. The van der Waals surface area contributed by atoms with Gasteiger partial charge in [0.1, 0.15) is 0 Å². The minimum absolute atomic E-state index is 1.08. The molecule has 0 saturated heterocycles. The molecule has 1 aromatic carbocycles. The van der Waals surface area contributed by atoms with Gasteiger partial charge in [-0.25, -0.2) is 0 Å². The number of nitrogens with one attached hydrogen (secondary N) is 1. The molecule has 0 radical (unpaired) electrons. The lowest BCUT2D eigenvalue weighted by atomic mass is 10.0. The number of nitrogens with zero attached hydrogens (tertiary/aromatic N) is 1. The number of hydrogen-bond acceptors (Lipinski definition) is 1. The van der Waals surface area contributed by atoms with E-state index in [1.54, 1.807) is 0 Å². The largest absolute Gasteiger partial charge is 0.347 e. The predicted octanol–water partition coefficient (Wildman–Crippen LogP) is 2.95. The van der Waals surface area contributed by atoms with Crippen LogP contribution in [0.1, 0.15) is 23.2 Å². The highest BCUT2D eigenvalue weighted by molar-refractivity contribution is 5.88. The standard InChI is InChI=1S/C15H22N2/c1-11-7-5-8-14-13(9-6-10-16-3)12(2)17(4)15(11)14/h5,7-8,16H,6,9-10H2,1-4H3. The first kappa shape index (κ1) is 12.2. The highest BCUT2D eigenvalue weighted by Gasteiger charge is 2.12. The van der Waals surface area contributed by atoms with E-state index in [0.717, 1.165) is 13.0 Å². The summed E-state index contributed by atoms with van der Waals surface area (Å²) >= 11 is 0. The van der Waals surface area contributed by atoms with E-state index in [9.17, 15) is 0 Å². The van der Waals surface area contributed by atoms with Crippen LogP contribution in [0.2, 0.25) is 0 Å². The van der Waals surface area contributed by atoms with E-state index in [1.165, 1.54) is 34.1 Å². The van der Waals surface area contributed by atoms with Gasteiger partial charge >= 0.3 is 0 Å². The summed E-state index contributed by atoms with van der Waals surface area (Å²) < 4.78 is 2.33. The average Bonchev–Trinajstić information content (AvgIpc) is 2.55. The van der Waals surface area contributed by atoms with Gasteiger partial charge in [0.25, 0.3) is 0 Å². The van der Waals surface area contributed by atoms with E-state index in [-0.39, 0.29) is 0 Å². The summed E-state index contributed by atoms with van der Waals surface area (Å²) in [4.78, 5) is 0. The first-order valence-electron chi connectivity index (χ1n) is 6.35. The van der Waals surface area contributed by atoms with Gasteiger partial charge in [0.05, 0.1) is 5.52 Å². The van der Waals surface area contributed by atoms with Crippen molar-refractivity contribution in [3.63, 3.8) is 0 Å². The van der Waals surface area contributed by atoms with Gasteiger partial charge in [-0.15, -0.1) is 0 Å². The fourth-order valence-corrected chi connectivity index (χ4v) is 2.67. The summed E-state index contributed by atoms with van der Waals surface area (Å²) in [5.41, 5.74) is 5.68. The highest BCUT2D eigenvalue weighted by atomic mass is 14.9. The van der Waals surface area contributed by atoms with Crippen molar-refractivity contribution in [2.24, 2.45) is 7.05 Å². The zero-order valence-electron chi connectivity index (χ0n) is 11.3. The fraction of sp³-hybridized carbons (Fsp3) is 0.467. The summed E-state index contributed by atoms with van der Waals surface area (Å²) in [6.45, 7) is 5.51. The van der Waals surface area contributed by atoms with Crippen molar-refractivity contribution in [1.29, 1.82) is 0 Å². The number of fused-ring (bicyclic) bond motifs is 1. The maximum atomic E-state index is 3.22. The lowest BCUT2D eigenvalue weighted by Crippen LogP contribution is -2.08. The Morgan fingerprint density at radius 1 is 1.24 bits per heavy atom. The lowest BCUT2D eigenvalue weighted by molar-refractivity contribution is 0.722. The Morgan fingerprint density at radius 3 is 2.71 bits per heavy atom. The summed E-state index contributed by atoms with van der Waals surface area (Å²) in [6.07, 6.45) is 2.36. The van der Waals surface area contributed by atoms with Crippen LogP contribution < -0.4 is 5.32 Å². The van der Waals surface area contributed by atoms with E-state index in [2.05, 4.69) is 49.0 Å². The molecule has 0 aliphatic rings. The molecular weight excluding hydrogens is 208 g/mol. The molecule has 0 aliphatic heterocycles. The molecule has 2 heteroatoms. The van der Waals surface area contributed by atoms with Gasteiger partial charge in [0.15, 0.2) is 0 Å². The quantitative estimate of drug-likeness (QED) is 0.799. The van der Waals surface area contributed by atoms with Gasteiger partial charge in [0.2, 0.25) is 0 Å². The van der Waals surface area contributed by atoms with Crippen LogP contribution in [0.3, 0.4) is 0 Å². The number of benzene rings is 1. The molecule has 0 atom stereocenters. The second-order valence-electron chi connectivity index (χ2n) is 4.80. The molecule has 17 heavy (non-hydrogen) atoms. The van der Waals surface area contributed by atoms with E-state index in [0.29, 0.717) is 0 Å². The minimum Gasteiger partial charge on any atom is -0.347 e.